The Kier molecular flexibility index (Phi) is 21.6. The molecule has 2 bridgehead atoms. The van der Waals surface area contributed by atoms with Crippen molar-refractivity contribution in [1.29, 1.82) is 0 Å². The fourth-order valence-electron chi connectivity index (χ4n) is 6.87. The molecule has 20 nitrogen and oxygen atoms in total. The second-order valence-electron chi connectivity index (χ2n) is 16.3. The predicted molar refractivity (Wildman–Crippen MR) is 235 cm³/mol. The Hall–Kier alpha value is -6.12. The van der Waals surface area contributed by atoms with E-state index < -0.39 is 95.6 Å². The van der Waals surface area contributed by atoms with E-state index >= 15 is 0 Å². The summed E-state index contributed by atoms with van der Waals surface area (Å²) in [6, 6.07) is 4.35. The third-order valence-corrected chi connectivity index (χ3v) is 10.7. The molecule has 1 aliphatic rings. The van der Waals surface area contributed by atoms with E-state index in [4.69, 9.17) is 11.5 Å². The van der Waals surface area contributed by atoms with Gasteiger partial charge in [0, 0.05) is 24.2 Å². The molecule has 64 heavy (non-hydrogen) atoms. The molecule has 0 spiro atoms. The highest BCUT2D eigenvalue weighted by Gasteiger charge is 2.35. The van der Waals surface area contributed by atoms with Crippen LogP contribution in [0, 0.1) is 5.92 Å². The zero-order chi connectivity index (χ0) is 47.3. The molecule has 14 N–H and O–H groups in total. The van der Waals surface area contributed by atoms with Crippen LogP contribution in [-0.2, 0) is 35.2 Å². The van der Waals surface area contributed by atoms with Crippen molar-refractivity contribution in [3.8, 4) is 5.75 Å². The lowest BCUT2D eigenvalue weighted by molar-refractivity contribution is -0.143. The van der Waals surface area contributed by atoms with Gasteiger partial charge in [0.15, 0.2) is 0 Å². The minimum Gasteiger partial charge on any atom is -0.508 e. The van der Waals surface area contributed by atoms with Gasteiger partial charge in [-0.15, -0.1) is 0 Å². The smallest absolute Gasteiger partial charge is 0.326 e. The number of phenolic OH excluding ortho intramolecular Hbond substituents is 1. The standard InChI is InChI=1S/C44H65N9O11/c1-25(2)35(44(63)64)52-41(60)34-15-6-9-22-48-38(57)29-12-10-11-28(24-29)37(56)47-21-8-5-14-33(42(61)53-36(26(3)54)43(62)51-34)50-40(59)32(13-4-7-20-45)49-39(58)31(46)23-27-16-18-30(55)19-17-27/h10-12,16-19,24-26,31-36,54-55H,4-9,13-15,20-23,45-46H2,1-3H3,(H,47,56)(H,48,57)(H,49,58)(H,50,59)(H,51,62)(H,52,60)(H,53,61)(H,63,64)/t26-,31+,32+,33+,34?,35+,36?/m1/s1. The molecule has 2 aromatic rings. The van der Waals surface area contributed by atoms with Crippen molar-refractivity contribution >= 4 is 47.3 Å². The number of phenols is 1. The van der Waals surface area contributed by atoms with Gasteiger partial charge in [-0.3, -0.25) is 33.6 Å². The maximum absolute atomic E-state index is 14.1. The molecule has 7 atom stereocenters. The molecule has 1 aliphatic heterocycles. The Morgan fingerprint density at radius 1 is 0.797 bits per heavy atom. The van der Waals surface area contributed by atoms with Gasteiger partial charge in [0.1, 0.15) is 36.0 Å². The number of hydrogen-bond donors (Lipinski definition) is 12. The van der Waals surface area contributed by atoms with Crippen LogP contribution in [0.1, 0.15) is 105 Å². The second kappa shape index (κ2) is 26.5. The van der Waals surface area contributed by atoms with Gasteiger partial charge in [-0.05, 0) is 119 Å². The quantitative estimate of drug-likeness (QED) is 0.100. The van der Waals surface area contributed by atoms with E-state index in [2.05, 4.69) is 37.2 Å². The number of fused-ring (bicyclic) bond motifs is 2. The summed E-state index contributed by atoms with van der Waals surface area (Å²) in [5.41, 5.74) is 13.0. The van der Waals surface area contributed by atoms with E-state index in [-0.39, 0.29) is 68.5 Å². The number of unbranched alkanes of at least 4 members (excludes halogenated alkanes) is 1. The largest absolute Gasteiger partial charge is 0.508 e. The number of carbonyl (C=O) groups excluding carboxylic acids is 7. The van der Waals surface area contributed by atoms with E-state index in [1.807, 2.05) is 0 Å². The lowest BCUT2D eigenvalue weighted by Gasteiger charge is -2.28. The van der Waals surface area contributed by atoms with Crippen molar-refractivity contribution in [1.82, 2.24) is 37.2 Å². The summed E-state index contributed by atoms with van der Waals surface area (Å²) < 4.78 is 0. The highest BCUT2D eigenvalue weighted by molar-refractivity contribution is 6.00. The second-order valence-corrected chi connectivity index (χ2v) is 16.3. The molecule has 3 rings (SSSR count). The summed E-state index contributed by atoms with van der Waals surface area (Å²) in [6.45, 7) is 5.05. The average molecular weight is 896 g/mol. The number of aliphatic hydroxyl groups excluding tert-OH is 1. The number of benzene rings is 2. The summed E-state index contributed by atoms with van der Waals surface area (Å²) in [4.78, 5) is 107. The Morgan fingerprint density at radius 2 is 1.41 bits per heavy atom. The van der Waals surface area contributed by atoms with Gasteiger partial charge in [0.25, 0.3) is 11.8 Å². The molecule has 2 unspecified atom stereocenters. The van der Waals surface area contributed by atoms with Crippen molar-refractivity contribution in [2.24, 2.45) is 17.4 Å². The van der Waals surface area contributed by atoms with Crippen molar-refractivity contribution in [2.45, 2.75) is 127 Å². The van der Waals surface area contributed by atoms with Crippen LogP contribution < -0.4 is 48.7 Å². The van der Waals surface area contributed by atoms with Crippen LogP contribution in [0.15, 0.2) is 48.5 Å². The number of carboxylic acids is 1. The number of hydrogen-bond acceptors (Lipinski definition) is 12. The third-order valence-electron chi connectivity index (χ3n) is 10.7. The number of nitrogens with two attached hydrogens (primary N) is 2. The fraction of sp³-hybridized carbons (Fsp3) is 0.545. The molecule has 7 amide bonds. The summed E-state index contributed by atoms with van der Waals surface area (Å²) in [5.74, 6) is -6.74. The zero-order valence-corrected chi connectivity index (χ0v) is 36.7. The van der Waals surface area contributed by atoms with Gasteiger partial charge in [-0.1, -0.05) is 32.0 Å². The van der Waals surface area contributed by atoms with Crippen LogP contribution >= 0.6 is 0 Å². The molecule has 0 saturated carbocycles. The number of amides is 7. The van der Waals surface area contributed by atoms with E-state index in [0.29, 0.717) is 37.8 Å². The van der Waals surface area contributed by atoms with Crippen LogP contribution in [0.5, 0.6) is 5.75 Å². The SMILES string of the molecule is CC(C)[C@H](NC(=O)C1CCCCNC(=O)c2cccc(c2)C(=O)NCCCC[C@H](NC(=O)[C@H](CCCCN)NC(=O)[C@@H](N)Cc2ccc(O)cc2)C(=O)NC([C@@H](C)O)C(=O)N1)C(=O)O. The van der Waals surface area contributed by atoms with Gasteiger partial charge in [0.2, 0.25) is 29.5 Å². The maximum Gasteiger partial charge on any atom is 0.326 e. The minimum atomic E-state index is -1.66. The predicted octanol–water partition coefficient (Wildman–Crippen LogP) is -0.550. The van der Waals surface area contributed by atoms with Crippen LogP contribution in [0.3, 0.4) is 0 Å². The molecule has 352 valence electrons. The number of carboxylic acid groups (broad SMARTS) is 1. The lowest BCUT2D eigenvalue weighted by atomic mass is 10.0. The summed E-state index contributed by atoms with van der Waals surface area (Å²) in [5, 5.41) is 48.5. The van der Waals surface area contributed by atoms with Crippen LogP contribution in [-0.4, -0.2) is 125 Å². The van der Waals surface area contributed by atoms with Gasteiger partial charge in [-0.2, -0.15) is 0 Å². The van der Waals surface area contributed by atoms with E-state index in [0.717, 1.165) is 0 Å². The number of carbonyl (C=O) groups is 8. The zero-order valence-electron chi connectivity index (χ0n) is 36.7. The first-order chi connectivity index (χ1) is 30.4. The number of nitrogens with one attached hydrogen (secondary N) is 7. The topological polar surface area (TPSA) is 334 Å². The Labute approximate surface area is 372 Å². The van der Waals surface area contributed by atoms with Crippen LogP contribution in [0.2, 0.25) is 0 Å². The monoisotopic (exact) mass is 895 g/mol. The number of rotatable bonds is 15. The molecular weight excluding hydrogens is 831 g/mol. The Bertz CT molecular complexity index is 1910. The molecule has 1 heterocycles. The number of aliphatic hydroxyl groups is 1. The van der Waals surface area contributed by atoms with Crippen LogP contribution in [0.25, 0.3) is 0 Å². The number of aromatic hydroxyl groups is 1. The first kappa shape index (κ1) is 52.2. The van der Waals surface area contributed by atoms with Crippen molar-refractivity contribution in [3.63, 3.8) is 0 Å². The first-order valence-corrected chi connectivity index (χ1v) is 21.7. The van der Waals surface area contributed by atoms with E-state index in [1.54, 1.807) is 44.2 Å². The van der Waals surface area contributed by atoms with Gasteiger partial charge < -0.3 is 64.0 Å². The van der Waals surface area contributed by atoms with E-state index in [1.165, 1.54) is 25.1 Å². The Balaban J connectivity index is 1.92. The fourth-order valence-corrected chi connectivity index (χ4v) is 6.87. The minimum absolute atomic E-state index is 0.0252. The van der Waals surface area contributed by atoms with Crippen molar-refractivity contribution in [3.05, 3.63) is 65.2 Å². The molecule has 0 radical (unpaired) electrons. The molecular formula is C44H65N9O11. The molecule has 0 saturated heterocycles. The van der Waals surface area contributed by atoms with Crippen LogP contribution in [0.4, 0.5) is 0 Å². The summed E-state index contributed by atoms with van der Waals surface area (Å²) >= 11 is 0. The highest BCUT2D eigenvalue weighted by atomic mass is 16.4. The lowest BCUT2D eigenvalue weighted by Crippen LogP contribution is -2.61. The molecule has 0 aliphatic carbocycles. The molecule has 20 heteroatoms. The highest BCUT2D eigenvalue weighted by Crippen LogP contribution is 2.13. The normalized spacial score (nSPS) is 20.3. The molecule has 0 fully saturated rings. The van der Waals surface area contributed by atoms with Gasteiger partial charge in [0.05, 0.1) is 12.1 Å². The first-order valence-electron chi connectivity index (χ1n) is 21.7. The third kappa shape index (κ3) is 17.2. The Morgan fingerprint density at radius 3 is 1.97 bits per heavy atom. The van der Waals surface area contributed by atoms with Crippen molar-refractivity contribution in [2.75, 3.05) is 19.6 Å². The summed E-state index contributed by atoms with van der Waals surface area (Å²) in [6.07, 6.45) is 0.731. The van der Waals surface area contributed by atoms with Crippen molar-refractivity contribution < 1.29 is 53.7 Å². The summed E-state index contributed by atoms with van der Waals surface area (Å²) in [7, 11) is 0. The van der Waals surface area contributed by atoms with Gasteiger partial charge >= 0.3 is 5.97 Å². The average Bonchev–Trinajstić information content (AvgIpc) is 3.25. The van der Waals surface area contributed by atoms with E-state index in [9.17, 15) is 53.7 Å². The molecule has 2 aromatic carbocycles. The van der Waals surface area contributed by atoms with Gasteiger partial charge in [-0.25, -0.2) is 4.79 Å². The maximum atomic E-state index is 14.1. The molecule has 0 aromatic heterocycles. The number of aliphatic carboxylic acids is 1.